The zero-order valence-corrected chi connectivity index (χ0v) is 15.3. The number of carbonyl (C=O) groups is 1. The number of anilines is 3. The first-order valence-electron chi connectivity index (χ1n) is 8.81. The number of amides is 1. The van der Waals surface area contributed by atoms with Crippen LogP contribution in [0.4, 0.5) is 27.8 Å². The summed E-state index contributed by atoms with van der Waals surface area (Å²) in [6, 6.07) is 3.34. The van der Waals surface area contributed by atoms with E-state index in [0.29, 0.717) is 31.3 Å². The Balaban J connectivity index is 1.72. The maximum absolute atomic E-state index is 11.3. The van der Waals surface area contributed by atoms with Crippen molar-refractivity contribution in [2.24, 2.45) is 5.92 Å². The molecule has 12 nitrogen and oxygen atoms in total. The molecule has 1 aliphatic rings. The summed E-state index contributed by atoms with van der Waals surface area (Å²) >= 11 is 0. The van der Waals surface area contributed by atoms with Crippen LogP contribution in [0, 0.1) is 27.4 Å². The van der Waals surface area contributed by atoms with Crippen molar-refractivity contribution in [2.45, 2.75) is 12.8 Å². The number of nitro groups is 1. The lowest BCUT2D eigenvalue weighted by molar-refractivity contribution is -0.384. The number of nitrogens with one attached hydrogen (secondary N) is 2. The van der Waals surface area contributed by atoms with Gasteiger partial charge in [-0.1, -0.05) is 0 Å². The second-order valence-electron chi connectivity index (χ2n) is 6.49. The largest absolute Gasteiger partial charge is 0.465 e. The Bertz CT molecular complexity index is 943. The van der Waals surface area contributed by atoms with E-state index in [2.05, 4.69) is 25.6 Å². The van der Waals surface area contributed by atoms with Crippen molar-refractivity contribution in [3.8, 4) is 6.07 Å². The lowest BCUT2D eigenvalue weighted by Crippen LogP contribution is -2.41. The molecule has 3 rings (SSSR count). The van der Waals surface area contributed by atoms with E-state index in [9.17, 15) is 14.9 Å². The standard InChI is InChI=1S/C17H18N8O4/c18-5-12-7-21-16(9-19-12)23-15-4-13(14(8-22-15)25(28)29)20-6-11-2-1-3-24(10-11)17(26)27/h4,7-9,11H,1-3,6,10H2,(H,26,27)(H2,20,21,22,23). The zero-order chi connectivity index (χ0) is 20.8. The van der Waals surface area contributed by atoms with Crippen LogP contribution in [0.25, 0.3) is 0 Å². The van der Waals surface area contributed by atoms with Crippen molar-refractivity contribution in [3.63, 3.8) is 0 Å². The Kier molecular flexibility index (Phi) is 5.98. The molecule has 1 unspecified atom stereocenters. The number of nitriles is 1. The minimum atomic E-state index is -0.959. The summed E-state index contributed by atoms with van der Waals surface area (Å²) in [5.74, 6) is 0.696. The summed E-state index contributed by atoms with van der Waals surface area (Å²) < 4.78 is 0. The van der Waals surface area contributed by atoms with Gasteiger partial charge in [-0.25, -0.2) is 19.7 Å². The zero-order valence-electron chi connectivity index (χ0n) is 15.3. The van der Waals surface area contributed by atoms with Gasteiger partial charge in [0.1, 0.15) is 29.6 Å². The summed E-state index contributed by atoms with van der Waals surface area (Å²) in [7, 11) is 0. The van der Waals surface area contributed by atoms with Crippen molar-refractivity contribution in [2.75, 3.05) is 30.3 Å². The average Bonchev–Trinajstić information content (AvgIpc) is 2.73. The molecule has 0 bridgehead atoms. The maximum Gasteiger partial charge on any atom is 0.407 e. The molecule has 2 aromatic heterocycles. The minimum Gasteiger partial charge on any atom is -0.465 e. The minimum absolute atomic E-state index is 0.0495. The van der Waals surface area contributed by atoms with E-state index in [4.69, 9.17) is 10.4 Å². The number of piperidine rings is 1. The monoisotopic (exact) mass is 398 g/mol. The van der Waals surface area contributed by atoms with Crippen LogP contribution in [0.3, 0.4) is 0 Å². The first kappa shape index (κ1) is 19.7. The van der Waals surface area contributed by atoms with E-state index < -0.39 is 11.0 Å². The molecule has 12 heteroatoms. The highest BCUT2D eigenvalue weighted by Crippen LogP contribution is 2.28. The van der Waals surface area contributed by atoms with Crippen molar-refractivity contribution < 1.29 is 14.8 Å². The van der Waals surface area contributed by atoms with Gasteiger partial charge in [0, 0.05) is 25.7 Å². The first-order valence-corrected chi connectivity index (χ1v) is 8.81. The fourth-order valence-corrected chi connectivity index (χ4v) is 3.04. The van der Waals surface area contributed by atoms with Gasteiger partial charge >= 0.3 is 11.8 Å². The molecule has 0 radical (unpaired) electrons. The number of hydrogen-bond donors (Lipinski definition) is 3. The molecular weight excluding hydrogens is 380 g/mol. The van der Waals surface area contributed by atoms with Crippen LogP contribution in [0.1, 0.15) is 18.5 Å². The summed E-state index contributed by atoms with van der Waals surface area (Å²) in [5, 5.41) is 35.1. The van der Waals surface area contributed by atoms with Gasteiger partial charge in [-0.15, -0.1) is 0 Å². The second kappa shape index (κ2) is 8.79. The molecule has 1 fully saturated rings. The van der Waals surface area contributed by atoms with E-state index in [0.717, 1.165) is 19.0 Å². The molecular formula is C17H18N8O4. The molecule has 2 aromatic rings. The maximum atomic E-state index is 11.3. The third kappa shape index (κ3) is 5.04. The quantitative estimate of drug-likeness (QED) is 0.484. The second-order valence-corrected chi connectivity index (χ2v) is 6.49. The van der Waals surface area contributed by atoms with Crippen molar-refractivity contribution >= 4 is 29.1 Å². The van der Waals surface area contributed by atoms with E-state index in [1.165, 1.54) is 23.4 Å². The van der Waals surface area contributed by atoms with Gasteiger partial charge in [-0.05, 0) is 18.8 Å². The molecule has 1 amide bonds. The van der Waals surface area contributed by atoms with Gasteiger partial charge < -0.3 is 20.6 Å². The number of pyridine rings is 1. The summed E-state index contributed by atoms with van der Waals surface area (Å²) in [6.45, 7) is 1.28. The van der Waals surface area contributed by atoms with Crippen molar-refractivity contribution in [1.82, 2.24) is 19.9 Å². The first-order chi connectivity index (χ1) is 14.0. The van der Waals surface area contributed by atoms with Gasteiger partial charge in [-0.3, -0.25) is 10.1 Å². The number of carboxylic acid groups (broad SMARTS) is 1. The SMILES string of the molecule is N#Cc1cnc(Nc2cc(NCC3CCCN(C(=O)O)C3)c([N+](=O)[O-])cn2)cn1. The lowest BCUT2D eigenvalue weighted by Gasteiger charge is -2.30. The predicted octanol–water partition coefficient (Wildman–Crippen LogP) is 2.20. The average molecular weight is 398 g/mol. The molecule has 0 aromatic carbocycles. The van der Waals surface area contributed by atoms with Crippen LogP contribution in [-0.4, -0.2) is 55.6 Å². The van der Waals surface area contributed by atoms with E-state index in [-0.39, 0.29) is 23.0 Å². The molecule has 150 valence electrons. The van der Waals surface area contributed by atoms with Gasteiger partial charge in [-0.2, -0.15) is 5.26 Å². The summed E-state index contributed by atoms with van der Waals surface area (Å²) in [4.78, 5) is 35.2. The molecule has 1 saturated heterocycles. The topological polar surface area (TPSA) is 170 Å². The van der Waals surface area contributed by atoms with Crippen LogP contribution in [0.15, 0.2) is 24.7 Å². The number of likely N-dealkylation sites (tertiary alicyclic amines) is 1. The normalized spacial score (nSPS) is 16.0. The molecule has 0 spiro atoms. The van der Waals surface area contributed by atoms with Crippen LogP contribution >= 0.6 is 0 Å². The highest BCUT2D eigenvalue weighted by molar-refractivity contribution is 5.67. The van der Waals surface area contributed by atoms with E-state index in [1.807, 2.05) is 6.07 Å². The van der Waals surface area contributed by atoms with Gasteiger partial charge in [0.2, 0.25) is 0 Å². The van der Waals surface area contributed by atoms with E-state index in [1.54, 1.807) is 0 Å². The molecule has 0 aliphatic carbocycles. The molecule has 29 heavy (non-hydrogen) atoms. The van der Waals surface area contributed by atoms with Gasteiger partial charge in [0.15, 0.2) is 5.69 Å². The Morgan fingerprint density at radius 3 is 2.79 bits per heavy atom. The highest BCUT2D eigenvalue weighted by atomic mass is 16.6. The van der Waals surface area contributed by atoms with Crippen LogP contribution < -0.4 is 10.6 Å². The number of aromatic nitrogens is 3. The third-order valence-electron chi connectivity index (χ3n) is 4.47. The molecule has 0 saturated carbocycles. The Morgan fingerprint density at radius 2 is 2.14 bits per heavy atom. The lowest BCUT2D eigenvalue weighted by atomic mass is 9.98. The Hall–Kier alpha value is -4.01. The third-order valence-corrected chi connectivity index (χ3v) is 4.47. The number of nitrogens with zero attached hydrogens (tertiary/aromatic N) is 6. The summed E-state index contributed by atoms with van der Waals surface area (Å²) in [6.07, 6.45) is 4.41. The predicted molar refractivity (Wildman–Crippen MR) is 102 cm³/mol. The van der Waals surface area contributed by atoms with Crippen LogP contribution in [0.5, 0.6) is 0 Å². The van der Waals surface area contributed by atoms with Crippen molar-refractivity contribution in [1.29, 1.82) is 5.26 Å². The smallest absolute Gasteiger partial charge is 0.407 e. The fraction of sp³-hybridized carbons (Fsp3) is 0.353. The molecule has 1 atom stereocenters. The summed E-state index contributed by atoms with van der Waals surface area (Å²) in [5.41, 5.74) is 0.242. The van der Waals surface area contributed by atoms with Gasteiger partial charge in [0.05, 0.1) is 17.3 Å². The van der Waals surface area contributed by atoms with Crippen LogP contribution in [0.2, 0.25) is 0 Å². The fourth-order valence-electron chi connectivity index (χ4n) is 3.04. The van der Waals surface area contributed by atoms with Gasteiger partial charge in [0.25, 0.3) is 0 Å². The van der Waals surface area contributed by atoms with E-state index >= 15 is 0 Å². The van der Waals surface area contributed by atoms with Crippen LogP contribution in [-0.2, 0) is 0 Å². The number of hydrogen-bond acceptors (Lipinski definition) is 9. The molecule has 3 N–H and O–H groups in total. The number of rotatable bonds is 6. The molecule has 1 aliphatic heterocycles. The van der Waals surface area contributed by atoms with Crippen molar-refractivity contribution in [3.05, 3.63) is 40.5 Å². The Labute approximate surface area is 165 Å². The highest BCUT2D eigenvalue weighted by Gasteiger charge is 2.24. The molecule has 3 heterocycles. The Morgan fingerprint density at radius 1 is 1.34 bits per heavy atom.